The molecule has 114 valence electrons. The first-order valence-electron chi connectivity index (χ1n) is 6.46. The van der Waals surface area contributed by atoms with Gasteiger partial charge in [-0.3, -0.25) is 14.9 Å². The molecular formula is C12H18N5O3P. The minimum absolute atomic E-state index is 0.225. The molecule has 1 aliphatic rings. The summed E-state index contributed by atoms with van der Waals surface area (Å²) in [6, 6.07) is 8.00. The number of hydrogen-bond acceptors (Lipinski definition) is 5. The van der Waals surface area contributed by atoms with Gasteiger partial charge in [0.05, 0.1) is 0 Å². The summed E-state index contributed by atoms with van der Waals surface area (Å²) in [7, 11) is -2.89. The van der Waals surface area contributed by atoms with Crippen LogP contribution in [0.1, 0.15) is 12.8 Å². The topological polar surface area (TPSA) is 131 Å². The van der Waals surface area contributed by atoms with E-state index in [9.17, 15) is 14.2 Å². The number of carbonyl (C=O) groups excluding carboxylic acids is 2. The predicted molar refractivity (Wildman–Crippen MR) is 79.7 cm³/mol. The zero-order valence-electron chi connectivity index (χ0n) is 11.3. The summed E-state index contributed by atoms with van der Waals surface area (Å²) < 4.78 is 12.3. The molecule has 6 N–H and O–H groups in total. The van der Waals surface area contributed by atoms with Gasteiger partial charge in [0.2, 0.25) is 0 Å². The molecule has 1 aromatic rings. The van der Waals surface area contributed by atoms with Gasteiger partial charge in [-0.05, 0) is 25.0 Å². The molecule has 21 heavy (non-hydrogen) atoms. The number of rotatable bonds is 3. The first-order chi connectivity index (χ1) is 9.93. The molecule has 1 aromatic carbocycles. The maximum absolute atomic E-state index is 12.3. The van der Waals surface area contributed by atoms with Crippen LogP contribution in [0.2, 0.25) is 0 Å². The number of para-hydroxylation sites is 1. The number of anilines is 1. The van der Waals surface area contributed by atoms with Crippen molar-refractivity contribution in [2.45, 2.75) is 18.1 Å². The molecule has 0 aromatic heterocycles. The number of hydrogen-bond donors (Lipinski definition) is 4. The van der Waals surface area contributed by atoms with E-state index < -0.39 is 25.2 Å². The van der Waals surface area contributed by atoms with Crippen LogP contribution in [0.4, 0.5) is 10.5 Å². The highest BCUT2D eigenvalue weighted by Crippen LogP contribution is 2.38. The van der Waals surface area contributed by atoms with Crippen LogP contribution in [-0.4, -0.2) is 28.8 Å². The first-order valence-corrected chi connectivity index (χ1v) is 7.87. The molecule has 2 atom stereocenters. The average molecular weight is 311 g/mol. The Morgan fingerprint density at radius 1 is 1.33 bits per heavy atom. The lowest BCUT2D eigenvalue weighted by Crippen LogP contribution is -2.60. The first kappa shape index (κ1) is 15.5. The molecule has 0 saturated carbocycles. The van der Waals surface area contributed by atoms with Crippen LogP contribution in [0.15, 0.2) is 30.3 Å². The van der Waals surface area contributed by atoms with Crippen molar-refractivity contribution in [3.8, 4) is 0 Å². The van der Waals surface area contributed by atoms with Crippen molar-refractivity contribution in [2.75, 3.05) is 11.9 Å². The Labute approximate surface area is 122 Å². The molecule has 3 amide bonds. The van der Waals surface area contributed by atoms with Gasteiger partial charge in [-0.1, -0.05) is 18.2 Å². The molecular weight excluding hydrogens is 293 g/mol. The number of benzene rings is 1. The third kappa shape index (κ3) is 3.41. The Morgan fingerprint density at radius 2 is 2.00 bits per heavy atom. The third-order valence-corrected chi connectivity index (χ3v) is 5.00. The van der Waals surface area contributed by atoms with E-state index in [1.807, 2.05) is 0 Å². The monoisotopic (exact) mass is 311 g/mol. The minimum atomic E-state index is -2.89. The van der Waals surface area contributed by atoms with E-state index in [4.69, 9.17) is 11.6 Å². The Morgan fingerprint density at radius 3 is 2.67 bits per heavy atom. The fraction of sp³-hybridized carbons (Fsp3) is 0.333. The number of nitrogens with one attached hydrogen (secondary N) is 2. The van der Waals surface area contributed by atoms with E-state index in [0.29, 0.717) is 18.7 Å². The lowest BCUT2D eigenvalue weighted by atomic mass is 10.1. The van der Waals surface area contributed by atoms with Crippen molar-refractivity contribution in [3.05, 3.63) is 30.3 Å². The fourth-order valence-electron chi connectivity index (χ4n) is 2.10. The van der Waals surface area contributed by atoms with Crippen molar-refractivity contribution < 1.29 is 14.2 Å². The maximum Gasteiger partial charge on any atom is 0.324 e. The summed E-state index contributed by atoms with van der Waals surface area (Å²) in [5, 5.41) is 4.10. The Hall–Kier alpha value is -1.89. The third-order valence-electron chi connectivity index (χ3n) is 3.28. The number of nitrogens with zero attached hydrogens (tertiary/aromatic N) is 1. The second-order valence-corrected chi connectivity index (χ2v) is 6.65. The van der Waals surface area contributed by atoms with Crippen LogP contribution >= 0.6 is 7.95 Å². The Kier molecular flexibility index (Phi) is 4.62. The van der Waals surface area contributed by atoms with E-state index in [-0.39, 0.29) is 6.42 Å². The normalized spacial score (nSPS) is 23.5. The number of urea groups is 1. The molecule has 1 aliphatic heterocycles. The SMILES string of the molecule is NN1CCC[C@](N)([PH](=O)NC(=O)Nc2ccccc2)C1=O. The van der Waals surface area contributed by atoms with Crippen LogP contribution in [0.5, 0.6) is 0 Å². The Balaban J connectivity index is 2.00. The van der Waals surface area contributed by atoms with Gasteiger partial charge < -0.3 is 15.6 Å². The summed E-state index contributed by atoms with van der Waals surface area (Å²) >= 11 is 0. The molecule has 1 saturated heterocycles. The summed E-state index contributed by atoms with van der Waals surface area (Å²) in [6.07, 6.45) is 0.764. The fourth-order valence-corrected chi connectivity index (χ4v) is 3.34. The van der Waals surface area contributed by atoms with Gasteiger partial charge in [-0.15, -0.1) is 0 Å². The van der Waals surface area contributed by atoms with Gasteiger partial charge in [0, 0.05) is 12.2 Å². The van der Waals surface area contributed by atoms with Gasteiger partial charge in [-0.2, -0.15) is 0 Å². The highest BCUT2D eigenvalue weighted by molar-refractivity contribution is 7.46. The lowest BCUT2D eigenvalue weighted by Gasteiger charge is -2.35. The standard InChI is InChI=1S/C12H18N5O3P/c13-12(7-4-8-17(14)10(12)18)21(20)16-11(19)15-9-5-2-1-3-6-9/h1-3,5-6,21H,4,7-8,13-14H2,(H2,15,16,19,20)/t12-/m0/s1. The smallest absolute Gasteiger partial charge is 0.310 e. The Bertz CT molecular complexity index is 567. The molecule has 0 radical (unpaired) electrons. The van der Waals surface area contributed by atoms with Gasteiger partial charge in [0.1, 0.15) is 0 Å². The van der Waals surface area contributed by atoms with Crippen molar-refractivity contribution in [1.82, 2.24) is 10.1 Å². The van der Waals surface area contributed by atoms with Gasteiger partial charge in [0.25, 0.3) is 5.91 Å². The molecule has 1 heterocycles. The van der Waals surface area contributed by atoms with Gasteiger partial charge in [-0.25, -0.2) is 10.6 Å². The van der Waals surface area contributed by atoms with Crippen LogP contribution < -0.4 is 22.0 Å². The van der Waals surface area contributed by atoms with Crippen molar-refractivity contribution >= 4 is 25.6 Å². The lowest BCUT2D eigenvalue weighted by molar-refractivity contribution is -0.136. The molecule has 1 fully saturated rings. The number of nitrogens with two attached hydrogens (primary N) is 2. The van der Waals surface area contributed by atoms with E-state index in [0.717, 1.165) is 5.01 Å². The largest absolute Gasteiger partial charge is 0.324 e. The zero-order valence-corrected chi connectivity index (χ0v) is 12.3. The second kappa shape index (κ2) is 6.26. The average Bonchev–Trinajstić information content (AvgIpc) is 2.45. The molecule has 2 rings (SSSR count). The van der Waals surface area contributed by atoms with Crippen LogP contribution in [0, 0.1) is 0 Å². The molecule has 0 spiro atoms. The maximum atomic E-state index is 12.3. The summed E-state index contributed by atoms with van der Waals surface area (Å²) in [4.78, 5) is 23.7. The van der Waals surface area contributed by atoms with Crippen LogP contribution in [0.3, 0.4) is 0 Å². The van der Waals surface area contributed by atoms with Gasteiger partial charge in [0.15, 0.2) is 13.2 Å². The minimum Gasteiger partial charge on any atom is -0.310 e. The molecule has 8 nitrogen and oxygen atoms in total. The van der Waals surface area contributed by atoms with Crippen LogP contribution in [-0.2, 0) is 9.36 Å². The number of hydrazine groups is 1. The van der Waals surface area contributed by atoms with E-state index in [2.05, 4.69) is 10.4 Å². The quantitative estimate of drug-likeness (QED) is 0.365. The summed E-state index contributed by atoms with van der Waals surface area (Å²) in [5.74, 6) is 4.89. The number of amides is 3. The number of piperidine rings is 1. The summed E-state index contributed by atoms with van der Waals surface area (Å²) in [5.41, 5.74) is 6.44. The van der Waals surface area contributed by atoms with Crippen LogP contribution in [0.25, 0.3) is 0 Å². The highest BCUT2D eigenvalue weighted by atomic mass is 31.1. The molecule has 9 heteroatoms. The number of carbonyl (C=O) groups is 2. The van der Waals surface area contributed by atoms with E-state index in [1.165, 1.54) is 0 Å². The van der Waals surface area contributed by atoms with E-state index >= 15 is 0 Å². The van der Waals surface area contributed by atoms with Crippen molar-refractivity contribution in [3.63, 3.8) is 0 Å². The summed E-state index contributed by atoms with van der Waals surface area (Å²) in [6.45, 7) is 0.364. The van der Waals surface area contributed by atoms with E-state index in [1.54, 1.807) is 30.3 Å². The highest BCUT2D eigenvalue weighted by Gasteiger charge is 2.45. The molecule has 1 unspecified atom stereocenters. The second-order valence-electron chi connectivity index (χ2n) is 4.85. The van der Waals surface area contributed by atoms with Crippen molar-refractivity contribution in [1.29, 1.82) is 0 Å². The van der Waals surface area contributed by atoms with Crippen molar-refractivity contribution in [2.24, 2.45) is 11.6 Å². The van der Waals surface area contributed by atoms with Gasteiger partial charge >= 0.3 is 6.03 Å². The zero-order chi connectivity index (χ0) is 15.5. The molecule has 0 bridgehead atoms. The molecule has 0 aliphatic carbocycles. The predicted octanol–water partition coefficient (Wildman–Crippen LogP) is 0.434.